The summed E-state index contributed by atoms with van der Waals surface area (Å²) in [6.45, 7) is 1.97. The highest BCUT2D eigenvalue weighted by Gasteiger charge is 2.22. The quantitative estimate of drug-likeness (QED) is 0.526. The van der Waals surface area contributed by atoms with Crippen molar-refractivity contribution >= 4 is 30.0 Å². The summed E-state index contributed by atoms with van der Waals surface area (Å²) in [6, 6.07) is 7.65. The number of rotatable bonds is 3. The molecule has 0 spiro atoms. The van der Waals surface area contributed by atoms with Gasteiger partial charge in [-0.2, -0.15) is 4.31 Å². The van der Waals surface area contributed by atoms with E-state index in [1.54, 1.807) is 33.2 Å². The van der Waals surface area contributed by atoms with Crippen LogP contribution in [0.25, 0.3) is 0 Å². The minimum Gasteiger partial charge on any atom is -0.464 e. The number of hydrogen-bond acceptors (Lipinski definition) is 4. The zero-order valence-corrected chi connectivity index (χ0v) is 13.0. The largest absolute Gasteiger partial charge is 0.464 e. The van der Waals surface area contributed by atoms with Gasteiger partial charge in [0.15, 0.2) is 0 Å². The van der Waals surface area contributed by atoms with Crippen LogP contribution in [0.4, 0.5) is 9.59 Å². The van der Waals surface area contributed by atoms with Crippen LogP contribution < -0.4 is 5.73 Å². The molecule has 0 aliphatic carbocycles. The summed E-state index contributed by atoms with van der Waals surface area (Å²) < 4.78 is 6.31. The number of benzene rings is 1. The highest BCUT2D eigenvalue weighted by atomic mass is 32.2. The van der Waals surface area contributed by atoms with Gasteiger partial charge in [0.2, 0.25) is 0 Å². The molecule has 0 aromatic heterocycles. The Bertz CT molecular complexity index is 519. The number of primary amides is 1. The average molecular weight is 310 g/mol. The van der Waals surface area contributed by atoms with Crippen molar-refractivity contribution in [3.63, 3.8) is 0 Å². The van der Waals surface area contributed by atoms with Crippen LogP contribution in [0.1, 0.15) is 6.92 Å². The van der Waals surface area contributed by atoms with Crippen LogP contribution in [0.15, 0.2) is 40.2 Å². The number of amidine groups is 1. The number of aliphatic imine (C=N–C) groups is 1. The van der Waals surface area contributed by atoms with Crippen LogP contribution in [0.2, 0.25) is 0 Å². The van der Waals surface area contributed by atoms with Gasteiger partial charge in [-0.1, -0.05) is 18.2 Å². The van der Waals surface area contributed by atoms with Gasteiger partial charge >= 0.3 is 18.1 Å². The Labute approximate surface area is 127 Å². The first-order chi connectivity index (χ1) is 9.95. The van der Waals surface area contributed by atoms with Crippen LogP contribution in [-0.2, 0) is 4.74 Å². The van der Waals surface area contributed by atoms with Gasteiger partial charge in [0.25, 0.3) is 0 Å². The van der Waals surface area contributed by atoms with E-state index in [2.05, 4.69) is 4.99 Å². The molecular weight excluding hydrogens is 292 g/mol. The van der Waals surface area contributed by atoms with Crippen LogP contribution in [0.3, 0.4) is 0 Å². The fourth-order valence-corrected chi connectivity index (χ4v) is 1.96. The maximum absolute atomic E-state index is 11.7. The number of carbonyl (C=O) groups excluding carboxylic acids is 2. The van der Waals surface area contributed by atoms with Crippen LogP contribution in [-0.4, -0.2) is 48.0 Å². The first-order valence-corrected chi connectivity index (χ1v) is 6.98. The van der Waals surface area contributed by atoms with Crippen molar-refractivity contribution in [2.24, 2.45) is 10.7 Å². The molecule has 0 atom stereocenters. The van der Waals surface area contributed by atoms with Crippen molar-refractivity contribution in [1.29, 1.82) is 0 Å². The second-order valence-electron chi connectivity index (χ2n) is 4.04. The molecule has 0 saturated heterocycles. The van der Waals surface area contributed by atoms with E-state index in [9.17, 15) is 9.59 Å². The molecule has 0 radical (unpaired) electrons. The van der Waals surface area contributed by atoms with Gasteiger partial charge in [-0.15, -0.1) is 4.99 Å². The number of amides is 4. The summed E-state index contributed by atoms with van der Waals surface area (Å²) >= 11 is 1.03. The molecule has 1 rings (SSSR count). The summed E-state index contributed by atoms with van der Waals surface area (Å²) in [4.78, 5) is 29.1. The lowest BCUT2D eigenvalue weighted by Gasteiger charge is -2.20. The van der Waals surface area contributed by atoms with Gasteiger partial charge < -0.3 is 15.4 Å². The molecule has 1 aromatic rings. The Balaban J connectivity index is 3.03. The van der Waals surface area contributed by atoms with E-state index in [1.165, 1.54) is 4.90 Å². The SMILES string of the molecule is CCOC(=NC(=O)N(C)C)N(Sc1ccccc1)C(N)=O. The Morgan fingerprint density at radius 2 is 1.90 bits per heavy atom. The molecule has 7 nitrogen and oxygen atoms in total. The molecule has 8 heteroatoms. The minimum absolute atomic E-state index is 0.141. The Hall–Kier alpha value is -2.22. The number of carbonyl (C=O) groups is 2. The number of nitrogens with zero attached hydrogens (tertiary/aromatic N) is 3. The van der Waals surface area contributed by atoms with E-state index in [-0.39, 0.29) is 12.6 Å². The molecule has 0 unspecified atom stereocenters. The van der Waals surface area contributed by atoms with E-state index in [0.29, 0.717) is 0 Å². The number of hydrogen-bond donors (Lipinski definition) is 1. The van der Waals surface area contributed by atoms with Gasteiger partial charge in [-0.3, -0.25) is 0 Å². The second kappa shape index (κ2) is 8.15. The molecular formula is C13H18N4O3S. The van der Waals surface area contributed by atoms with Crippen LogP contribution >= 0.6 is 11.9 Å². The molecule has 1 aromatic carbocycles. The topological polar surface area (TPSA) is 88.2 Å². The summed E-state index contributed by atoms with van der Waals surface area (Å²) in [5.41, 5.74) is 5.35. The average Bonchev–Trinajstić information content (AvgIpc) is 2.45. The van der Waals surface area contributed by atoms with Gasteiger partial charge in [-0.25, -0.2) is 9.59 Å². The van der Waals surface area contributed by atoms with E-state index < -0.39 is 12.1 Å². The lowest BCUT2D eigenvalue weighted by Crippen LogP contribution is -2.38. The fraction of sp³-hybridized carbons (Fsp3) is 0.308. The standard InChI is InChI=1S/C13H18N4O3S/c1-4-20-13(15-12(19)16(2)3)17(11(14)18)21-10-8-6-5-7-9-10/h5-9H,4H2,1-3H3,(H2,14,18). The summed E-state index contributed by atoms with van der Waals surface area (Å²) in [5.74, 6) is 0. The van der Waals surface area contributed by atoms with E-state index in [4.69, 9.17) is 10.5 Å². The lowest BCUT2D eigenvalue weighted by atomic mass is 10.4. The van der Waals surface area contributed by atoms with Crippen molar-refractivity contribution in [1.82, 2.24) is 9.21 Å². The number of nitrogens with two attached hydrogens (primary N) is 1. The monoisotopic (exact) mass is 310 g/mol. The Morgan fingerprint density at radius 3 is 2.38 bits per heavy atom. The molecule has 0 fully saturated rings. The smallest absolute Gasteiger partial charge is 0.347 e. The first-order valence-electron chi connectivity index (χ1n) is 6.21. The highest BCUT2D eigenvalue weighted by molar-refractivity contribution is 7.98. The summed E-state index contributed by atoms with van der Waals surface area (Å²) in [6.07, 6.45) is 0. The van der Waals surface area contributed by atoms with Crippen molar-refractivity contribution in [2.45, 2.75) is 11.8 Å². The van der Waals surface area contributed by atoms with E-state index >= 15 is 0 Å². The van der Waals surface area contributed by atoms with Gasteiger partial charge in [0, 0.05) is 30.9 Å². The third-order valence-corrected chi connectivity index (χ3v) is 3.16. The molecule has 21 heavy (non-hydrogen) atoms. The predicted molar refractivity (Wildman–Crippen MR) is 81.9 cm³/mol. The number of ether oxygens (including phenoxy) is 1. The molecule has 0 saturated carbocycles. The highest BCUT2D eigenvalue weighted by Crippen LogP contribution is 2.23. The number of urea groups is 2. The van der Waals surface area contributed by atoms with Crippen molar-refractivity contribution in [2.75, 3.05) is 20.7 Å². The van der Waals surface area contributed by atoms with Gasteiger partial charge in [-0.05, 0) is 19.1 Å². The van der Waals surface area contributed by atoms with Crippen molar-refractivity contribution in [3.05, 3.63) is 30.3 Å². The molecule has 0 aliphatic heterocycles. The minimum atomic E-state index is -0.775. The van der Waals surface area contributed by atoms with E-state index in [1.807, 2.05) is 18.2 Å². The van der Waals surface area contributed by atoms with Gasteiger partial charge in [0.05, 0.1) is 6.61 Å². The molecule has 4 amide bonds. The third kappa shape index (κ3) is 5.35. The summed E-state index contributed by atoms with van der Waals surface area (Å²) in [5, 5.41) is 0. The predicted octanol–water partition coefficient (Wildman–Crippen LogP) is 2.15. The molecule has 0 aliphatic rings. The fourth-order valence-electron chi connectivity index (χ4n) is 1.21. The zero-order valence-electron chi connectivity index (χ0n) is 12.1. The van der Waals surface area contributed by atoms with Gasteiger partial charge in [0.1, 0.15) is 0 Å². The van der Waals surface area contributed by atoms with Crippen LogP contribution in [0, 0.1) is 0 Å². The second-order valence-corrected chi connectivity index (χ2v) is 5.06. The molecule has 0 bridgehead atoms. The van der Waals surface area contributed by atoms with Crippen molar-refractivity contribution < 1.29 is 14.3 Å². The Morgan fingerprint density at radius 1 is 1.29 bits per heavy atom. The van der Waals surface area contributed by atoms with Crippen molar-refractivity contribution in [3.8, 4) is 0 Å². The summed E-state index contributed by atoms with van der Waals surface area (Å²) in [7, 11) is 3.10. The molecule has 2 N–H and O–H groups in total. The third-order valence-electron chi connectivity index (χ3n) is 2.16. The maximum atomic E-state index is 11.7. The Kier molecular flexibility index (Phi) is 6.54. The first kappa shape index (κ1) is 16.8. The lowest BCUT2D eigenvalue weighted by molar-refractivity contribution is 0.221. The molecule has 0 heterocycles. The van der Waals surface area contributed by atoms with Crippen LogP contribution in [0.5, 0.6) is 0 Å². The maximum Gasteiger partial charge on any atom is 0.347 e. The normalized spacial score (nSPS) is 10.9. The van der Waals surface area contributed by atoms with E-state index in [0.717, 1.165) is 21.1 Å². The zero-order chi connectivity index (χ0) is 15.8. The molecule has 114 valence electrons.